The molecule has 0 aliphatic carbocycles. The van der Waals surface area contributed by atoms with Crippen LogP contribution in [0.15, 0.2) is 47.1 Å². The number of rotatable bonds is 6. The Morgan fingerprint density at radius 3 is 2.54 bits per heavy atom. The standard InChI is InChI=1S/C18H22N2O4/c1-18(2,3)20-16(21)12-24-17(22)14-8-4-5-9-15(14)19-11-13-7-6-10-23-13/h4-10,19H,11-12H2,1-3H3,(H,20,21). The van der Waals surface area contributed by atoms with E-state index >= 15 is 0 Å². The minimum absolute atomic E-state index is 0.317. The van der Waals surface area contributed by atoms with Crippen LogP contribution in [-0.4, -0.2) is 24.0 Å². The van der Waals surface area contributed by atoms with Crippen molar-refractivity contribution in [2.75, 3.05) is 11.9 Å². The van der Waals surface area contributed by atoms with E-state index in [0.717, 1.165) is 5.76 Å². The molecule has 2 N–H and O–H groups in total. The summed E-state index contributed by atoms with van der Waals surface area (Å²) in [6.45, 7) is 5.71. The van der Waals surface area contributed by atoms with Gasteiger partial charge in [0.25, 0.3) is 5.91 Å². The van der Waals surface area contributed by atoms with Crippen molar-refractivity contribution >= 4 is 17.6 Å². The van der Waals surface area contributed by atoms with Gasteiger partial charge >= 0.3 is 5.97 Å². The molecule has 1 amide bonds. The van der Waals surface area contributed by atoms with Crippen molar-refractivity contribution in [3.8, 4) is 0 Å². The lowest BCUT2D eigenvalue weighted by Gasteiger charge is -2.20. The number of hydrogen-bond acceptors (Lipinski definition) is 5. The molecular formula is C18H22N2O4. The van der Waals surface area contributed by atoms with Crippen molar-refractivity contribution in [2.45, 2.75) is 32.9 Å². The Morgan fingerprint density at radius 2 is 1.88 bits per heavy atom. The summed E-state index contributed by atoms with van der Waals surface area (Å²) in [6.07, 6.45) is 1.59. The molecule has 24 heavy (non-hydrogen) atoms. The predicted octanol–water partition coefficient (Wildman–Crippen LogP) is 2.96. The summed E-state index contributed by atoms with van der Waals surface area (Å²) in [4.78, 5) is 24.0. The smallest absolute Gasteiger partial charge is 0.340 e. The Labute approximate surface area is 141 Å². The van der Waals surface area contributed by atoms with Crippen LogP contribution in [0.25, 0.3) is 0 Å². The fourth-order valence-electron chi connectivity index (χ4n) is 2.07. The number of amides is 1. The molecule has 0 aliphatic heterocycles. The van der Waals surface area contributed by atoms with Crippen molar-refractivity contribution in [2.24, 2.45) is 0 Å². The van der Waals surface area contributed by atoms with Crippen LogP contribution in [-0.2, 0) is 16.1 Å². The summed E-state index contributed by atoms with van der Waals surface area (Å²) in [7, 11) is 0. The van der Waals surface area contributed by atoms with Crippen LogP contribution < -0.4 is 10.6 Å². The average Bonchev–Trinajstić information content (AvgIpc) is 3.02. The van der Waals surface area contributed by atoms with Crippen LogP contribution in [0.2, 0.25) is 0 Å². The zero-order valence-electron chi connectivity index (χ0n) is 14.1. The van der Waals surface area contributed by atoms with Gasteiger partial charge in [-0.3, -0.25) is 4.79 Å². The second-order valence-electron chi connectivity index (χ2n) is 6.35. The maximum Gasteiger partial charge on any atom is 0.340 e. The number of benzene rings is 1. The summed E-state index contributed by atoms with van der Waals surface area (Å²) >= 11 is 0. The van der Waals surface area contributed by atoms with E-state index < -0.39 is 5.97 Å². The molecule has 1 heterocycles. The number of esters is 1. The third-order valence-electron chi connectivity index (χ3n) is 3.03. The average molecular weight is 330 g/mol. The first-order chi connectivity index (χ1) is 11.3. The predicted molar refractivity (Wildman–Crippen MR) is 90.7 cm³/mol. The number of hydrogen-bond donors (Lipinski definition) is 2. The number of carbonyl (C=O) groups is 2. The van der Waals surface area contributed by atoms with Crippen LogP contribution in [0.5, 0.6) is 0 Å². The summed E-state index contributed by atoms with van der Waals surface area (Å²) in [6, 6.07) is 10.6. The Bertz CT molecular complexity index is 687. The van der Waals surface area contributed by atoms with Crippen molar-refractivity contribution in [3.63, 3.8) is 0 Å². The highest BCUT2D eigenvalue weighted by atomic mass is 16.5. The van der Waals surface area contributed by atoms with Crippen molar-refractivity contribution in [1.82, 2.24) is 5.32 Å². The number of carbonyl (C=O) groups excluding carboxylic acids is 2. The van der Waals surface area contributed by atoms with E-state index in [1.165, 1.54) is 0 Å². The molecule has 0 unspecified atom stereocenters. The molecule has 0 fully saturated rings. The summed E-state index contributed by atoms with van der Waals surface area (Å²) < 4.78 is 10.3. The van der Waals surface area contributed by atoms with Crippen molar-refractivity contribution in [3.05, 3.63) is 54.0 Å². The number of para-hydroxylation sites is 1. The van der Waals surface area contributed by atoms with Gasteiger partial charge in [-0.2, -0.15) is 0 Å². The SMILES string of the molecule is CC(C)(C)NC(=O)COC(=O)c1ccccc1NCc1ccco1. The van der Waals surface area contributed by atoms with Gasteiger partial charge in [0.05, 0.1) is 18.4 Å². The number of furan rings is 1. The first-order valence-electron chi connectivity index (χ1n) is 7.68. The molecule has 0 bridgehead atoms. The molecule has 0 atom stereocenters. The third kappa shape index (κ3) is 5.46. The van der Waals surface area contributed by atoms with Crippen LogP contribution in [0.1, 0.15) is 36.9 Å². The molecule has 0 saturated heterocycles. The second kappa shape index (κ2) is 7.68. The zero-order chi connectivity index (χ0) is 17.6. The van der Waals surface area contributed by atoms with Gasteiger partial charge in [-0.15, -0.1) is 0 Å². The van der Waals surface area contributed by atoms with E-state index in [9.17, 15) is 9.59 Å². The van der Waals surface area contributed by atoms with Crippen LogP contribution >= 0.6 is 0 Å². The van der Waals surface area contributed by atoms with Crippen LogP contribution in [0.3, 0.4) is 0 Å². The first kappa shape index (κ1) is 17.6. The maximum atomic E-state index is 12.2. The Balaban J connectivity index is 1.95. The highest BCUT2D eigenvalue weighted by Gasteiger charge is 2.17. The normalized spacial score (nSPS) is 11.0. The van der Waals surface area contributed by atoms with Crippen LogP contribution in [0, 0.1) is 0 Å². The molecule has 1 aromatic carbocycles. The van der Waals surface area contributed by atoms with Gasteiger partial charge in [-0.25, -0.2) is 4.79 Å². The number of ether oxygens (including phenoxy) is 1. The fourth-order valence-corrected chi connectivity index (χ4v) is 2.07. The molecule has 0 spiro atoms. The first-order valence-corrected chi connectivity index (χ1v) is 7.68. The molecule has 1 aromatic heterocycles. The molecule has 128 valence electrons. The molecule has 0 radical (unpaired) electrons. The minimum atomic E-state index is -0.554. The lowest BCUT2D eigenvalue weighted by atomic mass is 10.1. The van der Waals surface area contributed by atoms with E-state index in [-0.39, 0.29) is 18.1 Å². The zero-order valence-corrected chi connectivity index (χ0v) is 14.1. The van der Waals surface area contributed by atoms with E-state index in [0.29, 0.717) is 17.8 Å². The molecule has 0 aliphatic rings. The van der Waals surface area contributed by atoms with E-state index in [1.54, 1.807) is 30.5 Å². The van der Waals surface area contributed by atoms with Gasteiger partial charge in [0.15, 0.2) is 6.61 Å². The molecule has 2 rings (SSSR count). The van der Waals surface area contributed by atoms with Gasteiger partial charge in [0.2, 0.25) is 0 Å². The molecule has 2 aromatic rings. The van der Waals surface area contributed by atoms with Gasteiger partial charge in [-0.05, 0) is 45.0 Å². The lowest BCUT2D eigenvalue weighted by molar-refractivity contribution is -0.125. The third-order valence-corrected chi connectivity index (χ3v) is 3.03. The Hall–Kier alpha value is -2.76. The fraction of sp³-hybridized carbons (Fsp3) is 0.333. The number of nitrogens with one attached hydrogen (secondary N) is 2. The number of anilines is 1. The molecule has 0 saturated carbocycles. The highest BCUT2D eigenvalue weighted by Crippen LogP contribution is 2.17. The topological polar surface area (TPSA) is 80.6 Å². The minimum Gasteiger partial charge on any atom is -0.467 e. The summed E-state index contributed by atoms with van der Waals surface area (Å²) in [5, 5.41) is 5.87. The monoisotopic (exact) mass is 330 g/mol. The van der Waals surface area contributed by atoms with Crippen LogP contribution in [0.4, 0.5) is 5.69 Å². The van der Waals surface area contributed by atoms with Gasteiger partial charge in [0, 0.05) is 11.2 Å². The van der Waals surface area contributed by atoms with Gasteiger partial charge in [-0.1, -0.05) is 12.1 Å². The summed E-state index contributed by atoms with van der Waals surface area (Å²) in [5.74, 6) is -0.138. The molecular weight excluding hydrogens is 308 g/mol. The lowest BCUT2D eigenvalue weighted by Crippen LogP contribution is -2.42. The van der Waals surface area contributed by atoms with Crippen molar-refractivity contribution in [1.29, 1.82) is 0 Å². The Morgan fingerprint density at radius 1 is 1.12 bits per heavy atom. The quantitative estimate of drug-likeness (QED) is 0.796. The summed E-state index contributed by atoms with van der Waals surface area (Å²) in [5.41, 5.74) is 0.620. The van der Waals surface area contributed by atoms with Gasteiger partial charge < -0.3 is 19.8 Å². The van der Waals surface area contributed by atoms with Gasteiger partial charge in [0.1, 0.15) is 5.76 Å². The molecule has 6 nitrogen and oxygen atoms in total. The van der Waals surface area contributed by atoms with E-state index in [2.05, 4.69) is 10.6 Å². The highest BCUT2D eigenvalue weighted by molar-refractivity contribution is 5.96. The maximum absolute atomic E-state index is 12.2. The Kier molecular flexibility index (Phi) is 5.63. The van der Waals surface area contributed by atoms with E-state index in [4.69, 9.17) is 9.15 Å². The molecule has 6 heteroatoms. The van der Waals surface area contributed by atoms with E-state index in [1.807, 2.05) is 32.9 Å². The second-order valence-corrected chi connectivity index (χ2v) is 6.35. The largest absolute Gasteiger partial charge is 0.467 e. The van der Waals surface area contributed by atoms with Crippen molar-refractivity contribution < 1.29 is 18.7 Å².